The van der Waals surface area contributed by atoms with E-state index in [0.29, 0.717) is 11.1 Å². The van der Waals surface area contributed by atoms with E-state index in [-0.39, 0.29) is 17.1 Å². The first-order chi connectivity index (χ1) is 9.16. The van der Waals surface area contributed by atoms with Crippen molar-refractivity contribution in [2.75, 3.05) is 0 Å². The van der Waals surface area contributed by atoms with Crippen molar-refractivity contribution in [3.8, 4) is 11.3 Å². The first-order valence-corrected chi connectivity index (χ1v) is 5.88. The molecule has 0 atom stereocenters. The van der Waals surface area contributed by atoms with Gasteiger partial charge in [0.25, 0.3) is 5.56 Å². The Bertz CT molecular complexity index is 824. The van der Waals surface area contributed by atoms with Gasteiger partial charge in [-0.3, -0.25) is 4.79 Å². The van der Waals surface area contributed by atoms with Crippen molar-refractivity contribution in [2.24, 2.45) is 7.05 Å². The zero-order valence-electron chi connectivity index (χ0n) is 10.3. The van der Waals surface area contributed by atoms with Crippen LogP contribution in [0.25, 0.3) is 22.3 Å². The number of rotatable bonds is 1. The minimum Gasteiger partial charge on any atom is -0.308 e. The van der Waals surface area contributed by atoms with E-state index < -0.39 is 0 Å². The molecule has 3 aromatic rings. The SMILES string of the molecule is Cn1c(=O)c(-c2cccc(F)c2)nc2ccccc21. The van der Waals surface area contributed by atoms with Crippen LogP contribution in [-0.4, -0.2) is 9.55 Å². The molecule has 94 valence electrons. The zero-order chi connectivity index (χ0) is 13.4. The molecule has 0 aliphatic carbocycles. The Labute approximate surface area is 109 Å². The number of fused-ring (bicyclic) bond motifs is 1. The van der Waals surface area contributed by atoms with Crippen molar-refractivity contribution in [2.45, 2.75) is 0 Å². The summed E-state index contributed by atoms with van der Waals surface area (Å²) in [7, 11) is 1.69. The van der Waals surface area contributed by atoms with Crippen LogP contribution in [0.4, 0.5) is 4.39 Å². The van der Waals surface area contributed by atoms with Crippen LogP contribution in [0, 0.1) is 5.82 Å². The average molecular weight is 254 g/mol. The fraction of sp³-hybridized carbons (Fsp3) is 0.0667. The summed E-state index contributed by atoms with van der Waals surface area (Å²) in [4.78, 5) is 16.6. The topological polar surface area (TPSA) is 34.9 Å². The first-order valence-electron chi connectivity index (χ1n) is 5.88. The van der Waals surface area contributed by atoms with Crippen LogP contribution in [0.5, 0.6) is 0 Å². The summed E-state index contributed by atoms with van der Waals surface area (Å²) in [5.41, 5.74) is 1.99. The van der Waals surface area contributed by atoms with Gasteiger partial charge >= 0.3 is 0 Å². The summed E-state index contributed by atoms with van der Waals surface area (Å²) in [5.74, 6) is -0.380. The van der Waals surface area contributed by atoms with E-state index in [9.17, 15) is 9.18 Å². The molecule has 0 saturated carbocycles. The van der Waals surface area contributed by atoms with Gasteiger partial charge in [-0.05, 0) is 24.3 Å². The molecule has 0 fully saturated rings. The molecule has 0 aliphatic heterocycles. The van der Waals surface area contributed by atoms with Gasteiger partial charge in [0.15, 0.2) is 0 Å². The molecule has 2 aromatic carbocycles. The fourth-order valence-corrected chi connectivity index (χ4v) is 2.10. The highest BCUT2D eigenvalue weighted by atomic mass is 19.1. The summed E-state index contributed by atoms with van der Waals surface area (Å²) in [6, 6.07) is 13.3. The van der Waals surface area contributed by atoms with Gasteiger partial charge in [-0.2, -0.15) is 0 Å². The Morgan fingerprint density at radius 2 is 1.89 bits per heavy atom. The predicted molar refractivity (Wildman–Crippen MR) is 72.4 cm³/mol. The van der Waals surface area contributed by atoms with Gasteiger partial charge in [0.1, 0.15) is 11.5 Å². The van der Waals surface area contributed by atoms with Crippen molar-refractivity contribution >= 4 is 11.0 Å². The molecule has 3 nitrogen and oxygen atoms in total. The van der Waals surface area contributed by atoms with E-state index in [0.717, 1.165) is 5.52 Å². The predicted octanol–water partition coefficient (Wildman–Crippen LogP) is 2.74. The van der Waals surface area contributed by atoms with Gasteiger partial charge in [0.2, 0.25) is 0 Å². The van der Waals surface area contributed by atoms with Crippen molar-refractivity contribution in [1.82, 2.24) is 9.55 Å². The Kier molecular flexibility index (Phi) is 2.63. The molecule has 0 radical (unpaired) electrons. The molecule has 0 spiro atoms. The van der Waals surface area contributed by atoms with E-state index in [1.165, 1.54) is 16.7 Å². The van der Waals surface area contributed by atoms with Gasteiger partial charge < -0.3 is 4.57 Å². The van der Waals surface area contributed by atoms with E-state index in [1.54, 1.807) is 19.2 Å². The summed E-state index contributed by atoms with van der Waals surface area (Å²) >= 11 is 0. The average Bonchev–Trinajstić information content (AvgIpc) is 2.43. The highest BCUT2D eigenvalue weighted by Crippen LogP contribution is 2.17. The smallest absolute Gasteiger partial charge is 0.277 e. The molecule has 19 heavy (non-hydrogen) atoms. The maximum atomic E-state index is 13.3. The van der Waals surface area contributed by atoms with Crippen molar-refractivity contribution in [3.05, 3.63) is 64.7 Å². The molecule has 1 heterocycles. The molecule has 0 bridgehead atoms. The maximum Gasteiger partial charge on any atom is 0.277 e. The number of benzene rings is 2. The molecule has 4 heteroatoms. The molecule has 0 saturated heterocycles. The molecular formula is C15H11FN2O. The number of aromatic nitrogens is 2. The second kappa shape index (κ2) is 4.31. The third-order valence-corrected chi connectivity index (χ3v) is 3.08. The number of para-hydroxylation sites is 2. The molecule has 0 amide bonds. The summed E-state index contributed by atoms with van der Waals surface area (Å²) in [5, 5.41) is 0. The number of halogens is 1. The Hall–Kier alpha value is -2.49. The van der Waals surface area contributed by atoms with Gasteiger partial charge in [-0.1, -0.05) is 24.3 Å². The number of aryl methyl sites for hydroxylation is 1. The number of hydrogen-bond donors (Lipinski definition) is 0. The lowest BCUT2D eigenvalue weighted by Crippen LogP contribution is -2.20. The maximum absolute atomic E-state index is 13.3. The second-order valence-corrected chi connectivity index (χ2v) is 4.32. The lowest BCUT2D eigenvalue weighted by atomic mass is 10.1. The highest BCUT2D eigenvalue weighted by Gasteiger charge is 2.10. The van der Waals surface area contributed by atoms with Crippen LogP contribution in [0.2, 0.25) is 0 Å². The monoisotopic (exact) mass is 254 g/mol. The third kappa shape index (κ3) is 1.91. The van der Waals surface area contributed by atoms with Gasteiger partial charge in [-0.15, -0.1) is 0 Å². The minimum absolute atomic E-state index is 0.232. The number of hydrogen-bond acceptors (Lipinski definition) is 2. The van der Waals surface area contributed by atoms with Crippen LogP contribution in [0.3, 0.4) is 0 Å². The van der Waals surface area contributed by atoms with Gasteiger partial charge in [0.05, 0.1) is 11.0 Å². The summed E-state index contributed by atoms with van der Waals surface area (Å²) in [6.07, 6.45) is 0. The van der Waals surface area contributed by atoms with Crippen LogP contribution < -0.4 is 5.56 Å². The van der Waals surface area contributed by atoms with Crippen molar-refractivity contribution in [1.29, 1.82) is 0 Å². The van der Waals surface area contributed by atoms with Crippen LogP contribution >= 0.6 is 0 Å². The largest absolute Gasteiger partial charge is 0.308 e. The van der Waals surface area contributed by atoms with Gasteiger partial charge in [-0.25, -0.2) is 9.37 Å². The summed E-state index contributed by atoms with van der Waals surface area (Å²) in [6.45, 7) is 0. The van der Waals surface area contributed by atoms with Gasteiger partial charge in [0, 0.05) is 12.6 Å². The second-order valence-electron chi connectivity index (χ2n) is 4.32. The lowest BCUT2D eigenvalue weighted by molar-refractivity contribution is 0.628. The molecule has 0 aliphatic rings. The Morgan fingerprint density at radius 3 is 2.68 bits per heavy atom. The van der Waals surface area contributed by atoms with E-state index in [4.69, 9.17) is 0 Å². The minimum atomic E-state index is -0.380. The Morgan fingerprint density at radius 1 is 1.11 bits per heavy atom. The first kappa shape index (κ1) is 11.6. The molecular weight excluding hydrogens is 243 g/mol. The third-order valence-electron chi connectivity index (χ3n) is 3.08. The van der Waals surface area contributed by atoms with Crippen molar-refractivity contribution in [3.63, 3.8) is 0 Å². The summed E-state index contributed by atoms with van der Waals surface area (Å²) < 4.78 is 14.8. The molecule has 1 aromatic heterocycles. The quantitative estimate of drug-likeness (QED) is 0.669. The molecule has 0 N–H and O–H groups in total. The zero-order valence-corrected chi connectivity index (χ0v) is 10.3. The molecule has 0 unspecified atom stereocenters. The standard InChI is InChI=1S/C15H11FN2O/c1-18-13-8-3-2-7-12(13)17-14(15(18)19)10-5-4-6-11(16)9-10/h2-9H,1H3. The van der Waals surface area contributed by atoms with E-state index in [2.05, 4.69) is 4.98 Å². The van der Waals surface area contributed by atoms with Crippen LogP contribution in [-0.2, 0) is 7.05 Å². The Balaban J connectivity index is 2.36. The molecule has 3 rings (SSSR count). The van der Waals surface area contributed by atoms with Crippen LogP contribution in [0.15, 0.2) is 53.3 Å². The highest BCUT2D eigenvalue weighted by molar-refractivity contribution is 5.77. The van der Waals surface area contributed by atoms with Crippen LogP contribution in [0.1, 0.15) is 0 Å². The van der Waals surface area contributed by atoms with E-state index in [1.807, 2.05) is 24.3 Å². The normalized spacial score (nSPS) is 10.8. The fourth-order valence-electron chi connectivity index (χ4n) is 2.10. The van der Waals surface area contributed by atoms with Crippen molar-refractivity contribution < 1.29 is 4.39 Å². The number of nitrogens with zero attached hydrogens (tertiary/aromatic N) is 2. The lowest BCUT2D eigenvalue weighted by Gasteiger charge is -2.07. The van der Waals surface area contributed by atoms with E-state index >= 15 is 0 Å².